The van der Waals surface area contributed by atoms with Crippen LogP contribution in [0.4, 0.5) is 0 Å². The highest BCUT2D eigenvalue weighted by Crippen LogP contribution is 2.41. The van der Waals surface area contributed by atoms with E-state index >= 15 is 0 Å². The monoisotopic (exact) mass is 469 g/mol. The quantitative estimate of drug-likeness (QED) is 0.287. The third kappa shape index (κ3) is 5.24. The second-order valence-electron chi connectivity index (χ2n) is 8.60. The topological polar surface area (TPSA) is 60.7 Å². The Morgan fingerprint density at radius 3 is 2.57 bits per heavy atom. The zero-order chi connectivity index (χ0) is 24.9. The molecular weight excluding hydrogens is 438 g/mol. The van der Waals surface area contributed by atoms with Crippen LogP contribution in [0.15, 0.2) is 71.4 Å². The fourth-order valence-corrected chi connectivity index (χ4v) is 4.17. The molecule has 0 saturated carbocycles. The minimum absolute atomic E-state index is 0.150. The van der Waals surface area contributed by atoms with E-state index in [0.29, 0.717) is 13.2 Å². The van der Waals surface area contributed by atoms with Crippen molar-refractivity contribution >= 4 is 22.4 Å². The van der Waals surface area contributed by atoms with Gasteiger partial charge in [0.2, 0.25) is 5.91 Å². The van der Waals surface area contributed by atoms with Gasteiger partial charge in [-0.15, -0.1) is 0 Å². The molecule has 1 aromatic heterocycles. The van der Waals surface area contributed by atoms with E-state index in [1.807, 2.05) is 82.3 Å². The molecule has 4 aromatic rings. The molecule has 3 aromatic carbocycles. The molecule has 0 atom stereocenters. The van der Waals surface area contributed by atoms with Gasteiger partial charge in [-0.1, -0.05) is 42.0 Å². The molecule has 0 aliphatic heterocycles. The largest absolute Gasteiger partial charge is 0.497 e. The van der Waals surface area contributed by atoms with Crippen LogP contribution in [0.25, 0.3) is 27.7 Å². The van der Waals surface area contributed by atoms with Crippen LogP contribution in [0.2, 0.25) is 0 Å². The van der Waals surface area contributed by atoms with Crippen molar-refractivity contribution in [3.8, 4) is 22.6 Å². The Morgan fingerprint density at radius 2 is 1.86 bits per heavy atom. The van der Waals surface area contributed by atoms with Gasteiger partial charge in [-0.05, 0) is 62.6 Å². The van der Waals surface area contributed by atoms with E-state index in [1.165, 1.54) is 5.56 Å². The number of carbonyl (C=O) groups excluding carboxylic acids is 1. The van der Waals surface area contributed by atoms with Crippen LogP contribution in [0.5, 0.6) is 11.5 Å². The lowest BCUT2D eigenvalue weighted by Gasteiger charge is -2.15. The number of amides is 1. The molecule has 1 heterocycles. The summed E-state index contributed by atoms with van der Waals surface area (Å²) < 4.78 is 17.4. The highest BCUT2D eigenvalue weighted by Gasteiger charge is 2.19. The van der Waals surface area contributed by atoms with Crippen molar-refractivity contribution in [2.24, 2.45) is 0 Å². The van der Waals surface area contributed by atoms with Gasteiger partial charge in [-0.3, -0.25) is 4.79 Å². The molecule has 180 valence electrons. The van der Waals surface area contributed by atoms with E-state index in [9.17, 15) is 4.79 Å². The summed E-state index contributed by atoms with van der Waals surface area (Å²) in [5.74, 6) is 1.36. The van der Waals surface area contributed by atoms with Gasteiger partial charge in [0.05, 0.1) is 20.0 Å². The van der Waals surface area contributed by atoms with Crippen molar-refractivity contribution in [3.05, 3.63) is 89.2 Å². The second kappa shape index (κ2) is 10.5. The summed E-state index contributed by atoms with van der Waals surface area (Å²) in [5, 5.41) is 3.94. The van der Waals surface area contributed by atoms with Gasteiger partial charge in [0, 0.05) is 34.7 Å². The van der Waals surface area contributed by atoms with E-state index in [4.69, 9.17) is 13.9 Å². The van der Waals surface area contributed by atoms with Gasteiger partial charge in [-0.2, -0.15) is 0 Å². The summed E-state index contributed by atoms with van der Waals surface area (Å²) in [6, 6.07) is 18.1. The van der Waals surface area contributed by atoms with E-state index in [2.05, 4.69) is 5.32 Å². The summed E-state index contributed by atoms with van der Waals surface area (Å²) >= 11 is 0. The van der Waals surface area contributed by atoms with Crippen molar-refractivity contribution in [3.63, 3.8) is 0 Å². The lowest BCUT2D eigenvalue weighted by molar-refractivity contribution is -0.116. The lowest BCUT2D eigenvalue weighted by atomic mass is 9.96. The molecular formula is C30H31NO4. The van der Waals surface area contributed by atoms with E-state index in [-0.39, 0.29) is 5.91 Å². The molecule has 0 unspecified atom stereocenters. The number of benzene rings is 3. The van der Waals surface area contributed by atoms with Crippen LogP contribution in [0.1, 0.15) is 36.1 Å². The number of furan rings is 1. The predicted octanol–water partition coefficient (Wildman–Crippen LogP) is 6.84. The molecule has 0 fully saturated rings. The van der Waals surface area contributed by atoms with Crippen molar-refractivity contribution in [2.45, 2.75) is 34.2 Å². The zero-order valence-corrected chi connectivity index (χ0v) is 20.9. The summed E-state index contributed by atoms with van der Waals surface area (Å²) in [4.78, 5) is 12.7. The first-order valence-electron chi connectivity index (χ1n) is 11.7. The standard InChI is InChI=1S/C30H31NO4/c1-6-34-29-21(4)30-26(27(18-35-30)23-8-7-9-24(15-23)33-5)16-25(29)20(3)14-28(32)31-17-22-12-10-19(2)11-13-22/h7-16,18H,6,17H2,1-5H3,(H,31,32)/b20-14+. The smallest absolute Gasteiger partial charge is 0.244 e. The molecule has 0 bridgehead atoms. The molecule has 1 N–H and O–H groups in total. The number of carbonyl (C=O) groups is 1. The van der Waals surface area contributed by atoms with Crippen LogP contribution < -0.4 is 14.8 Å². The van der Waals surface area contributed by atoms with Crippen LogP contribution in [0, 0.1) is 13.8 Å². The minimum atomic E-state index is -0.150. The van der Waals surface area contributed by atoms with Gasteiger partial charge in [0.25, 0.3) is 0 Å². The highest BCUT2D eigenvalue weighted by molar-refractivity contribution is 6.01. The normalized spacial score (nSPS) is 11.5. The zero-order valence-electron chi connectivity index (χ0n) is 20.9. The third-order valence-electron chi connectivity index (χ3n) is 6.07. The maximum absolute atomic E-state index is 12.7. The van der Waals surface area contributed by atoms with Gasteiger partial charge < -0.3 is 19.2 Å². The number of hydrogen-bond acceptors (Lipinski definition) is 4. The Balaban J connectivity index is 1.70. The molecule has 4 rings (SSSR count). The van der Waals surface area contributed by atoms with Crippen molar-refractivity contribution in [2.75, 3.05) is 13.7 Å². The number of methoxy groups -OCH3 is 1. The molecule has 35 heavy (non-hydrogen) atoms. The van der Waals surface area contributed by atoms with Crippen LogP contribution in [-0.2, 0) is 11.3 Å². The fourth-order valence-electron chi connectivity index (χ4n) is 4.17. The molecule has 0 aliphatic carbocycles. The Kier molecular flexibility index (Phi) is 7.25. The highest BCUT2D eigenvalue weighted by atomic mass is 16.5. The Morgan fingerprint density at radius 1 is 1.09 bits per heavy atom. The third-order valence-corrected chi connectivity index (χ3v) is 6.07. The van der Waals surface area contributed by atoms with Crippen LogP contribution in [0.3, 0.4) is 0 Å². The predicted molar refractivity (Wildman–Crippen MR) is 141 cm³/mol. The summed E-state index contributed by atoms with van der Waals surface area (Å²) in [6.07, 6.45) is 3.39. The molecule has 0 saturated heterocycles. The number of rotatable bonds is 8. The number of aryl methyl sites for hydroxylation is 2. The molecule has 0 radical (unpaired) electrons. The van der Waals surface area contributed by atoms with Gasteiger partial charge in [-0.25, -0.2) is 0 Å². The number of hydrogen-bond donors (Lipinski definition) is 1. The average Bonchev–Trinajstić information content (AvgIpc) is 3.29. The SMILES string of the molecule is CCOc1c(/C(C)=C/C(=O)NCc2ccc(C)cc2)cc2c(-c3cccc(OC)c3)coc2c1C. The molecule has 0 aliphatic rings. The van der Waals surface area contributed by atoms with Gasteiger partial charge in [0.1, 0.15) is 17.1 Å². The van der Waals surface area contributed by atoms with Gasteiger partial charge in [0.15, 0.2) is 0 Å². The first kappa shape index (κ1) is 24.1. The maximum Gasteiger partial charge on any atom is 0.244 e. The maximum atomic E-state index is 12.7. The number of nitrogens with one attached hydrogen (secondary N) is 1. The Hall–Kier alpha value is -3.99. The van der Waals surface area contributed by atoms with E-state index < -0.39 is 0 Å². The van der Waals surface area contributed by atoms with E-state index in [0.717, 1.165) is 55.9 Å². The molecule has 5 heteroatoms. The molecule has 1 amide bonds. The molecule has 0 spiro atoms. The fraction of sp³-hybridized carbons (Fsp3) is 0.233. The van der Waals surface area contributed by atoms with Crippen LogP contribution in [-0.4, -0.2) is 19.6 Å². The lowest BCUT2D eigenvalue weighted by Crippen LogP contribution is -2.20. The number of fused-ring (bicyclic) bond motifs is 1. The van der Waals surface area contributed by atoms with Crippen molar-refractivity contribution < 1.29 is 18.7 Å². The minimum Gasteiger partial charge on any atom is -0.497 e. The summed E-state index contributed by atoms with van der Waals surface area (Å²) in [5.41, 5.74) is 7.57. The second-order valence-corrected chi connectivity index (χ2v) is 8.60. The average molecular weight is 470 g/mol. The first-order chi connectivity index (χ1) is 16.9. The van der Waals surface area contributed by atoms with Crippen molar-refractivity contribution in [1.82, 2.24) is 5.32 Å². The van der Waals surface area contributed by atoms with E-state index in [1.54, 1.807) is 19.4 Å². The van der Waals surface area contributed by atoms with Crippen molar-refractivity contribution in [1.29, 1.82) is 0 Å². The Labute approximate surface area is 206 Å². The molecule has 5 nitrogen and oxygen atoms in total. The summed E-state index contributed by atoms with van der Waals surface area (Å²) in [7, 11) is 1.65. The summed E-state index contributed by atoms with van der Waals surface area (Å²) in [6.45, 7) is 8.89. The number of ether oxygens (including phenoxy) is 2. The Bertz CT molecular complexity index is 1380. The van der Waals surface area contributed by atoms with Crippen LogP contribution >= 0.6 is 0 Å². The van der Waals surface area contributed by atoms with Gasteiger partial charge >= 0.3 is 0 Å². The first-order valence-corrected chi connectivity index (χ1v) is 11.7. The number of allylic oxidation sites excluding steroid dienone is 1.